The van der Waals surface area contributed by atoms with Crippen LogP contribution < -0.4 is 0 Å². The first-order valence-electron chi connectivity index (χ1n) is 4.34. The molecule has 0 atom stereocenters. The predicted molar refractivity (Wildman–Crippen MR) is 55.0 cm³/mol. The third kappa shape index (κ3) is 2.68. The molecule has 1 rings (SSSR count). The highest BCUT2D eigenvalue weighted by molar-refractivity contribution is 7.89. The largest absolute Gasteiger partial charge is 0.508 e. The lowest BCUT2D eigenvalue weighted by molar-refractivity contribution is 0.266. The Kier molecular flexibility index (Phi) is 3.67. The van der Waals surface area contributed by atoms with Gasteiger partial charge in [0.15, 0.2) is 0 Å². The summed E-state index contributed by atoms with van der Waals surface area (Å²) in [6, 6.07) is 5.25. The van der Waals surface area contributed by atoms with E-state index in [4.69, 9.17) is 10.2 Å². The van der Waals surface area contributed by atoms with Crippen LogP contribution in [0.15, 0.2) is 29.2 Å². The van der Waals surface area contributed by atoms with Crippen LogP contribution in [0.5, 0.6) is 5.75 Å². The number of aromatic hydroxyl groups is 1. The lowest BCUT2D eigenvalue weighted by atomic mass is 10.3. The van der Waals surface area contributed by atoms with Crippen molar-refractivity contribution < 1.29 is 18.6 Å². The van der Waals surface area contributed by atoms with E-state index >= 15 is 0 Å². The van der Waals surface area contributed by atoms with Crippen molar-refractivity contribution in [3.8, 4) is 5.75 Å². The molecule has 0 aliphatic rings. The summed E-state index contributed by atoms with van der Waals surface area (Å²) in [5.74, 6) is 0.0127. The van der Waals surface area contributed by atoms with E-state index in [0.717, 1.165) is 4.31 Å². The molecule has 2 N–H and O–H groups in total. The van der Waals surface area contributed by atoms with Gasteiger partial charge in [0.05, 0.1) is 11.5 Å². The van der Waals surface area contributed by atoms with E-state index in [1.807, 2.05) is 0 Å². The van der Waals surface area contributed by atoms with Crippen LogP contribution in [-0.4, -0.2) is 43.1 Å². The van der Waals surface area contributed by atoms with E-state index in [2.05, 4.69) is 0 Å². The van der Waals surface area contributed by atoms with Crippen molar-refractivity contribution in [2.75, 3.05) is 20.2 Å². The number of aliphatic hydroxyl groups is 1. The molecular formula is C9H13NO4S. The van der Waals surface area contributed by atoms with Crippen molar-refractivity contribution in [3.05, 3.63) is 24.3 Å². The van der Waals surface area contributed by atoms with Crippen LogP contribution in [0.1, 0.15) is 0 Å². The van der Waals surface area contributed by atoms with E-state index in [-0.39, 0.29) is 23.8 Å². The Hall–Kier alpha value is -1.11. The number of sulfonamides is 1. The molecule has 0 amide bonds. The Bertz CT molecular complexity index is 412. The van der Waals surface area contributed by atoms with Gasteiger partial charge >= 0.3 is 0 Å². The fourth-order valence-electron chi connectivity index (χ4n) is 1.06. The Morgan fingerprint density at radius 1 is 1.27 bits per heavy atom. The summed E-state index contributed by atoms with van der Waals surface area (Å²) in [5, 5.41) is 17.7. The molecule has 5 nitrogen and oxygen atoms in total. The second-order valence-electron chi connectivity index (χ2n) is 3.04. The molecule has 6 heteroatoms. The van der Waals surface area contributed by atoms with Crippen LogP contribution in [0.2, 0.25) is 0 Å². The smallest absolute Gasteiger partial charge is 0.242 e. The maximum atomic E-state index is 11.8. The number of hydrogen-bond donors (Lipinski definition) is 2. The van der Waals surface area contributed by atoms with Gasteiger partial charge in [0, 0.05) is 13.6 Å². The van der Waals surface area contributed by atoms with E-state index < -0.39 is 10.0 Å². The van der Waals surface area contributed by atoms with Crippen LogP contribution in [0.3, 0.4) is 0 Å². The first-order valence-corrected chi connectivity index (χ1v) is 5.78. The summed E-state index contributed by atoms with van der Waals surface area (Å²) in [6.45, 7) is -0.184. The van der Waals surface area contributed by atoms with E-state index in [1.54, 1.807) is 0 Å². The molecule has 0 radical (unpaired) electrons. The highest BCUT2D eigenvalue weighted by Crippen LogP contribution is 2.17. The van der Waals surface area contributed by atoms with Gasteiger partial charge < -0.3 is 10.2 Å². The molecule has 0 aliphatic carbocycles. The highest BCUT2D eigenvalue weighted by atomic mass is 32.2. The number of benzene rings is 1. The number of nitrogens with zero attached hydrogens (tertiary/aromatic N) is 1. The minimum Gasteiger partial charge on any atom is -0.508 e. The molecule has 0 fully saturated rings. The average molecular weight is 231 g/mol. The summed E-state index contributed by atoms with van der Waals surface area (Å²) in [5.41, 5.74) is 0. The van der Waals surface area contributed by atoms with Crippen molar-refractivity contribution in [3.63, 3.8) is 0 Å². The fraction of sp³-hybridized carbons (Fsp3) is 0.333. The van der Waals surface area contributed by atoms with E-state index in [9.17, 15) is 8.42 Å². The molecule has 15 heavy (non-hydrogen) atoms. The third-order valence-electron chi connectivity index (χ3n) is 1.96. The van der Waals surface area contributed by atoms with Gasteiger partial charge in [0.1, 0.15) is 5.75 Å². The zero-order valence-electron chi connectivity index (χ0n) is 8.29. The highest BCUT2D eigenvalue weighted by Gasteiger charge is 2.19. The Balaban J connectivity index is 3.01. The van der Waals surface area contributed by atoms with Crippen LogP contribution in [-0.2, 0) is 10.0 Å². The summed E-state index contributed by atoms with van der Waals surface area (Å²) in [4.78, 5) is 0.0938. The summed E-state index contributed by atoms with van der Waals surface area (Å²) < 4.78 is 24.6. The van der Waals surface area contributed by atoms with Gasteiger partial charge in [-0.25, -0.2) is 8.42 Å². The Labute approximate surface area is 88.6 Å². The molecular weight excluding hydrogens is 218 g/mol. The molecule has 0 heterocycles. The van der Waals surface area contributed by atoms with Crippen molar-refractivity contribution in [1.29, 1.82) is 0 Å². The second-order valence-corrected chi connectivity index (χ2v) is 5.09. The SMILES string of the molecule is CN(CCO)S(=O)(=O)c1ccc(O)cc1. The first-order chi connectivity index (χ1) is 6.98. The third-order valence-corrected chi connectivity index (χ3v) is 3.83. The maximum Gasteiger partial charge on any atom is 0.242 e. The van der Waals surface area contributed by atoms with E-state index in [0.29, 0.717) is 0 Å². The maximum absolute atomic E-state index is 11.8. The number of likely N-dealkylation sites (N-methyl/N-ethyl adjacent to an activating group) is 1. The Morgan fingerprint density at radius 3 is 2.27 bits per heavy atom. The summed E-state index contributed by atoms with van der Waals surface area (Å²) in [7, 11) is -2.17. The van der Waals surface area contributed by atoms with Gasteiger partial charge in [-0.15, -0.1) is 0 Å². The van der Waals surface area contributed by atoms with Gasteiger partial charge in [-0.1, -0.05) is 0 Å². The number of rotatable bonds is 4. The molecule has 0 aliphatic heterocycles. The molecule has 0 spiro atoms. The van der Waals surface area contributed by atoms with Gasteiger partial charge in [-0.2, -0.15) is 4.31 Å². The van der Waals surface area contributed by atoms with Crippen LogP contribution >= 0.6 is 0 Å². The van der Waals surface area contributed by atoms with Crippen molar-refractivity contribution in [2.24, 2.45) is 0 Å². The lowest BCUT2D eigenvalue weighted by Gasteiger charge is -2.15. The van der Waals surface area contributed by atoms with Crippen molar-refractivity contribution >= 4 is 10.0 Å². The van der Waals surface area contributed by atoms with Crippen molar-refractivity contribution in [2.45, 2.75) is 4.90 Å². The van der Waals surface area contributed by atoms with Crippen LogP contribution in [0.25, 0.3) is 0 Å². The number of phenolic OH excluding ortho intramolecular Hbond substituents is 1. The van der Waals surface area contributed by atoms with Crippen LogP contribution in [0.4, 0.5) is 0 Å². The van der Waals surface area contributed by atoms with Gasteiger partial charge in [0.2, 0.25) is 10.0 Å². The average Bonchev–Trinajstić information content (AvgIpc) is 2.18. The monoisotopic (exact) mass is 231 g/mol. The first kappa shape index (κ1) is 12.0. The fourth-order valence-corrected chi connectivity index (χ4v) is 2.22. The van der Waals surface area contributed by atoms with Gasteiger partial charge in [0.25, 0.3) is 0 Å². The van der Waals surface area contributed by atoms with Crippen molar-refractivity contribution in [1.82, 2.24) is 4.31 Å². The topological polar surface area (TPSA) is 77.8 Å². The zero-order chi connectivity index (χ0) is 11.5. The van der Waals surface area contributed by atoms with E-state index in [1.165, 1.54) is 31.3 Å². The molecule has 1 aromatic carbocycles. The predicted octanol–water partition coefficient (Wildman–Crippen LogP) is 0.00500. The minimum absolute atomic E-state index is 0.0127. The molecule has 84 valence electrons. The summed E-state index contributed by atoms with van der Waals surface area (Å²) in [6.07, 6.45) is 0. The molecule has 0 bridgehead atoms. The number of hydrogen-bond acceptors (Lipinski definition) is 4. The summed E-state index contributed by atoms with van der Waals surface area (Å²) >= 11 is 0. The number of aliphatic hydroxyl groups excluding tert-OH is 1. The molecule has 0 unspecified atom stereocenters. The molecule has 1 aromatic rings. The molecule has 0 aromatic heterocycles. The standard InChI is InChI=1S/C9H13NO4S/c1-10(6-7-11)15(13,14)9-4-2-8(12)3-5-9/h2-5,11-12H,6-7H2,1H3. The number of phenols is 1. The van der Waals surface area contributed by atoms with Crippen LogP contribution in [0, 0.1) is 0 Å². The molecule has 0 saturated carbocycles. The normalized spacial score (nSPS) is 11.9. The second kappa shape index (κ2) is 4.61. The minimum atomic E-state index is -3.56. The van der Waals surface area contributed by atoms with Gasteiger partial charge in [-0.3, -0.25) is 0 Å². The Morgan fingerprint density at radius 2 is 1.80 bits per heavy atom. The lowest BCUT2D eigenvalue weighted by Crippen LogP contribution is -2.29. The molecule has 0 saturated heterocycles. The van der Waals surface area contributed by atoms with Gasteiger partial charge in [-0.05, 0) is 24.3 Å². The zero-order valence-corrected chi connectivity index (χ0v) is 9.11. The quantitative estimate of drug-likeness (QED) is 0.765.